The molecule has 0 unspecified atom stereocenters. The van der Waals surface area contributed by atoms with Crippen LogP contribution in [0.2, 0.25) is 0 Å². The first-order valence-electron chi connectivity index (χ1n) is 13.4. The van der Waals surface area contributed by atoms with E-state index < -0.39 is 11.8 Å². The molecule has 0 atom stereocenters. The highest BCUT2D eigenvalue weighted by molar-refractivity contribution is 8.00. The molecule has 5 rings (SSSR count). The van der Waals surface area contributed by atoms with Crippen LogP contribution >= 0.6 is 23.1 Å². The maximum Gasteiger partial charge on any atom is 0.272 e. The Morgan fingerprint density at radius 3 is 2.43 bits per heavy atom. The summed E-state index contributed by atoms with van der Waals surface area (Å²) in [4.78, 5) is 44.4. The number of thioether (sulfide) groups is 1. The first kappa shape index (κ1) is 30.3. The van der Waals surface area contributed by atoms with E-state index in [0.717, 1.165) is 15.1 Å². The second kappa shape index (κ2) is 14.4. The summed E-state index contributed by atoms with van der Waals surface area (Å²) in [5.74, 6) is 0.0344. The van der Waals surface area contributed by atoms with Gasteiger partial charge in [0.15, 0.2) is 5.13 Å². The molecule has 9 nitrogen and oxygen atoms in total. The molecular weight excluding hydrogens is 597 g/mol. The van der Waals surface area contributed by atoms with Crippen molar-refractivity contribution in [3.05, 3.63) is 114 Å². The lowest BCUT2D eigenvalue weighted by Crippen LogP contribution is -2.30. The number of aromatic nitrogens is 1. The lowest BCUT2D eigenvalue weighted by Gasteiger charge is -2.13. The van der Waals surface area contributed by atoms with Gasteiger partial charge in [0.1, 0.15) is 17.2 Å². The van der Waals surface area contributed by atoms with Crippen LogP contribution in [0.4, 0.5) is 10.8 Å². The number of carbonyl (C=O) groups excluding carboxylic acids is 3. The molecule has 0 aliphatic heterocycles. The molecule has 1 aromatic heterocycles. The number of amides is 3. The number of anilines is 2. The number of methoxy groups -OCH3 is 2. The minimum absolute atomic E-state index is 0.00980. The fourth-order valence-electron chi connectivity index (χ4n) is 4.13. The third kappa shape index (κ3) is 7.82. The molecule has 3 amide bonds. The van der Waals surface area contributed by atoms with Gasteiger partial charge in [-0.25, -0.2) is 4.98 Å². The van der Waals surface area contributed by atoms with Crippen molar-refractivity contribution in [3.8, 4) is 11.5 Å². The second-order valence-electron chi connectivity index (χ2n) is 9.29. The summed E-state index contributed by atoms with van der Waals surface area (Å²) in [5, 5.41) is 8.97. The van der Waals surface area contributed by atoms with Gasteiger partial charge in [0.05, 0.1) is 30.2 Å². The SMILES string of the molecule is COc1ccc(/C=C(/NC(=O)c2ccccc2)C(=O)Nc2cccc(SCC(=O)Nc3nc4ccccc4s3)c2)c(OC)c1. The van der Waals surface area contributed by atoms with Crippen molar-refractivity contribution in [1.29, 1.82) is 0 Å². The first-order valence-corrected chi connectivity index (χ1v) is 15.2. The third-order valence-corrected chi connectivity index (χ3v) is 8.22. The summed E-state index contributed by atoms with van der Waals surface area (Å²) in [7, 11) is 3.06. The number of nitrogens with one attached hydrogen (secondary N) is 3. The molecular formula is C33H28N4O5S2. The fourth-order valence-corrected chi connectivity index (χ4v) is 5.76. The summed E-state index contributed by atoms with van der Waals surface area (Å²) < 4.78 is 11.8. The van der Waals surface area contributed by atoms with Crippen LogP contribution in [-0.2, 0) is 9.59 Å². The summed E-state index contributed by atoms with van der Waals surface area (Å²) >= 11 is 2.74. The van der Waals surface area contributed by atoms with Crippen LogP contribution in [0.3, 0.4) is 0 Å². The molecule has 3 N–H and O–H groups in total. The zero-order chi connectivity index (χ0) is 30.9. The average Bonchev–Trinajstić information content (AvgIpc) is 3.46. The molecule has 0 aliphatic carbocycles. The Labute approximate surface area is 262 Å². The predicted octanol–water partition coefficient (Wildman–Crippen LogP) is 6.45. The van der Waals surface area contributed by atoms with Crippen molar-refractivity contribution < 1.29 is 23.9 Å². The van der Waals surface area contributed by atoms with Gasteiger partial charge in [0, 0.05) is 27.8 Å². The topological polar surface area (TPSA) is 119 Å². The van der Waals surface area contributed by atoms with Crippen molar-refractivity contribution in [2.75, 3.05) is 30.6 Å². The number of para-hydroxylation sites is 1. The van der Waals surface area contributed by atoms with Crippen LogP contribution in [0.5, 0.6) is 11.5 Å². The zero-order valence-electron chi connectivity index (χ0n) is 23.8. The molecule has 1 heterocycles. The minimum Gasteiger partial charge on any atom is -0.497 e. The van der Waals surface area contributed by atoms with E-state index in [2.05, 4.69) is 20.9 Å². The molecule has 11 heteroatoms. The molecule has 5 aromatic rings. The zero-order valence-corrected chi connectivity index (χ0v) is 25.5. The fraction of sp³-hybridized carbons (Fsp3) is 0.0909. The molecule has 222 valence electrons. The Kier molecular flexibility index (Phi) is 9.90. The van der Waals surface area contributed by atoms with E-state index in [1.807, 2.05) is 30.3 Å². The number of benzene rings is 4. The van der Waals surface area contributed by atoms with Crippen molar-refractivity contribution in [2.45, 2.75) is 4.90 Å². The molecule has 0 spiro atoms. The van der Waals surface area contributed by atoms with E-state index >= 15 is 0 Å². The molecule has 0 radical (unpaired) electrons. The van der Waals surface area contributed by atoms with Crippen LogP contribution in [0, 0.1) is 0 Å². The van der Waals surface area contributed by atoms with Gasteiger partial charge in [-0.3, -0.25) is 14.4 Å². The molecule has 0 saturated heterocycles. The Balaban J connectivity index is 1.29. The van der Waals surface area contributed by atoms with Gasteiger partial charge in [0.2, 0.25) is 5.91 Å². The number of thiazole rings is 1. The number of ether oxygens (including phenoxy) is 2. The lowest BCUT2D eigenvalue weighted by molar-refractivity contribution is -0.114. The molecule has 4 aromatic carbocycles. The standard InChI is InChI=1S/C33H28N4O5S2/c1-41-24-16-15-22(28(19-24)42-2)17-27(35-31(39)21-9-4-3-5-10-21)32(40)34-23-11-8-12-25(18-23)43-20-30(38)37-33-36-26-13-6-7-14-29(26)44-33/h3-19H,20H2,1-2H3,(H,34,40)(H,35,39)(H,36,37,38)/b27-17+. The smallest absolute Gasteiger partial charge is 0.272 e. The monoisotopic (exact) mass is 624 g/mol. The van der Waals surface area contributed by atoms with Crippen molar-refractivity contribution in [1.82, 2.24) is 10.3 Å². The predicted molar refractivity (Wildman–Crippen MR) is 175 cm³/mol. The van der Waals surface area contributed by atoms with Crippen LogP contribution < -0.4 is 25.4 Å². The van der Waals surface area contributed by atoms with Crippen molar-refractivity contribution >= 4 is 67.9 Å². The van der Waals surface area contributed by atoms with Crippen LogP contribution in [0.25, 0.3) is 16.3 Å². The van der Waals surface area contributed by atoms with Crippen LogP contribution in [0.1, 0.15) is 15.9 Å². The van der Waals surface area contributed by atoms with E-state index in [1.165, 1.54) is 30.2 Å². The van der Waals surface area contributed by atoms with Gasteiger partial charge in [-0.2, -0.15) is 0 Å². The van der Waals surface area contributed by atoms with Crippen LogP contribution in [-0.4, -0.2) is 42.7 Å². The molecule has 0 saturated carbocycles. The second-order valence-corrected chi connectivity index (χ2v) is 11.4. The van der Waals surface area contributed by atoms with Crippen LogP contribution in [0.15, 0.2) is 108 Å². The normalized spacial score (nSPS) is 11.1. The van der Waals surface area contributed by atoms with E-state index in [0.29, 0.717) is 33.4 Å². The van der Waals surface area contributed by atoms with E-state index in [9.17, 15) is 14.4 Å². The van der Waals surface area contributed by atoms with E-state index in [1.54, 1.807) is 79.9 Å². The highest BCUT2D eigenvalue weighted by Crippen LogP contribution is 2.28. The van der Waals surface area contributed by atoms with Gasteiger partial charge < -0.3 is 25.4 Å². The Morgan fingerprint density at radius 2 is 1.66 bits per heavy atom. The van der Waals surface area contributed by atoms with Crippen molar-refractivity contribution in [3.63, 3.8) is 0 Å². The van der Waals surface area contributed by atoms with Gasteiger partial charge in [0.25, 0.3) is 11.8 Å². The lowest BCUT2D eigenvalue weighted by atomic mass is 10.1. The summed E-state index contributed by atoms with van der Waals surface area (Å²) in [6.07, 6.45) is 1.54. The largest absolute Gasteiger partial charge is 0.497 e. The summed E-state index contributed by atoms with van der Waals surface area (Å²) in [6, 6.07) is 28.6. The minimum atomic E-state index is -0.539. The Morgan fingerprint density at radius 1 is 0.864 bits per heavy atom. The Bertz CT molecular complexity index is 1810. The quantitative estimate of drug-likeness (QED) is 0.114. The third-order valence-electron chi connectivity index (χ3n) is 6.27. The van der Waals surface area contributed by atoms with Gasteiger partial charge >= 0.3 is 0 Å². The van der Waals surface area contributed by atoms with Gasteiger partial charge in [-0.15, -0.1) is 11.8 Å². The number of rotatable bonds is 11. The highest BCUT2D eigenvalue weighted by atomic mass is 32.2. The number of carbonyl (C=O) groups is 3. The van der Waals surface area contributed by atoms with E-state index in [-0.39, 0.29) is 17.4 Å². The molecule has 0 fully saturated rings. The number of fused-ring (bicyclic) bond motifs is 1. The average molecular weight is 625 g/mol. The first-order chi connectivity index (χ1) is 21.4. The van der Waals surface area contributed by atoms with Gasteiger partial charge in [-0.05, 0) is 60.7 Å². The number of hydrogen-bond acceptors (Lipinski definition) is 8. The number of hydrogen-bond donors (Lipinski definition) is 3. The molecule has 44 heavy (non-hydrogen) atoms. The highest BCUT2D eigenvalue weighted by Gasteiger charge is 2.17. The maximum atomic E-state index is 13.5. The molecule has 0 aliphatic rings. The van der Waals surface area contributed by atoms with E-state index in [4.69, 9.17) is 9.47 Å². The summed E-state index contributed by atoms with van der Waals surface area (Å²) in [5.41, 5.74) is 2.30. The molecule has 0 bridgehead atoms. The summed E-state index contributed by atoms with van der Waals surface area (Å²) in [6.45, 7) is 0. The number of nitrogens with zero attached hydrogens (tertiary/aromatic N) is 1. The van der Waals surface area contributed by atoms with Gasteiger partial charge in [-0.1, -0.05) is 47.7 Å². The van der Waals surface area contributed by atoms with Crippen molar-refractivity contribution in [2.24, 2.45) is 0 Å². The Hall–Kier alpha value is -5.13. The maximum absolute atomic E-state index is 13.5.